The van der Waals surface area contributed by atoms with E-state index < -0.39 is 21.8 Å². The Morgan fingerprint density at radius 1 is 1.38 bits per heavy atom. The van der Waals surface area contributed by atoms with Crippen molar-refractivity contribution in [1.29, 1.82) is 5.26 Å². The lowest BCUT2D eigenvalue weighted by atomic mass is 10.1. The number of nitrogens with two attached hydrogens (primary N) is 1. The third-order valence-corrected chi connectivity index (χ3v) is 4.01. The van der Waals surface area contributed by atoms with Crippen LogP contribution >= 0.6 is 0 Å². The molecule has 3 N–H and O–H groups in total. The number of hydrogen-bond acceptors (Lipinski definition) is 5. The summed E-state index contributed by atoms with van der Waals surface area (Å²) in [6, 6.07) is 7.74. The Bertz CT molecular complexity index is 632. The molecule has 1 aromatic carbocycles. The van der Waals surface area contributed by atoms with Crippen molar-refractivity contribution in [2.75, 3.05) is 12.0 Å². The number of carbonyl (C=O) groups excluding carboxylic acids is 1. The Labute approximate surface area is 124 Å². The van der Waals surface area contributed by atoms with Crippen molar-refractivity contribution >= 4 is 15.7 Å². The van der Waals surface area contributed by atoms with Crippen LogP contribution in [0.5, 0.6) is 0 Å². The molecule has 2 unspecified atom stereocenters. The quantitative estimate of drug-likeness (QED) is 0.794. The molecule has 6 nitrogen and oxygen atoms in total. The first-order valence-electron chi connectivity index (χ1n) is 6.46. The number of benzene rings is 1. The SMILES string of the molecule is CC(NC(=O)C(N)CCS(C)(=O)=O)c1ccc(C#N)cc1. The van der Waals surface area contributed by atoms with Gasteiger partial charge in [0.1, 0.15) is 9.84 Å². The highest BCUT2D eigenvalue weighted by molar-refractivity contribution is 7.90. The topological polar surface area (TPSA) is 113 Å². The van der Waals surface area contributed by atoms with Gasteiger partial charge in [-0.15, -0.1) is 0 Å². The number of rotatable bonds is 6. The van der Waals surface area contributed by atoms with Gasteiger partial charge in [0.2, 0.25) is 5.91 Å². The molecule has 0 heterocycles. The van der Waals surface area contributed by atoms with E-state index in [1.165, 1.54) is 0 Å². The summed E-state index contributed by atoms with van der Waals surface area (Å²) >= 11 is 0. The monoisotopic (exact) mass is 309 g/mol. The average molecular weight is 309 g/mol. The van der Waals surface area contributed by atoms with E-state index in [0.29, 0.717) is 5.56 Å². The number of carbonyl (C=O) groups is 1. The maximum absolute atomic E-state index is 11.9. The van der Waals surface area contributed by atoms with Gasteiger partial charge in [0, 0.05) is 6.26 Å². The number of amides is 1. The molecular weight excluding hydrogens is 290 g/mol. The smallest absolute Gasteiger partial charge is 0.237 e. The van der Waals surface area contributed by atoms with Crippen molar-refractivity contribution in [3.05, 3.63) is 35.4 Å². The lowest BCUT2D eigenvalue weighted by Crippen LogP contribution is -2.42. The van der Waals surface area contributed by atoms with Crippen molar-refractivity contribution < 1.29 is 13.2 Å². The first-order valence-corrected chi connectivity index (χ1v) is 8.52. The molecule has 0 aromatic heterocycles. The van der Waals surface area contributed by atoms with Crippen LogP contribution in [0.15, 0.2) is 24.3 Å². The van der Waals surface area contributed by atoms with Gasteiger partial charge >= 0.3 is 0 Å². The Kier molecular flexibility index (Phi) is 5.88. The molecule has 0 spiro atoms. The molecule has 0 bridgehead atoms. The zero-order valence-electron chi connectivity index (χ0n) is 12.0. The van der Waals surface area contributed by atoms with Gasteiger partial charge in [-0.05, 0) is 31.0 Å². The normalized spacial score (nSPS) is 14.0. The summed E-state index contributed by atoms with van der Waals surface area (Å²) in [5.74, 6) is -0.511. The molecule has 114 valence electrons. The molecule has 21 heavy (non-hydrogen) atoms. The number of nitrogens with zero attached hydrogens (tertiary/aromatic N) is 1. The summed E-state index contributed by atoms with van der Waals surface area (Å²) in [5, 5.41) is 11.5. The van der Waals surface area contributed by atoms with E-state index in [2.05, 4.69) is 5.32 Å². The molecule has 0 fully saturated rings. The standard InChI is InChI=1S/C14H19N3O3S/c1-10(12-5-3-11(9-15)4-6-12)17-14(18)13(16)7-8-21(2,19)20/h3-6,10,13H,7-8,16H2,1-2H3,(H,17,18). The molecule has 7 heteroatoms. The molecule has 2 atom stereocenters. The zero-order chi connectivity index (χ0) is 16.0. The van der Waals surface area contributed by atoms with E-state index >= 15 is 0 Å². The molecule has 0 saturated carbocycles. The summed E-state index contributed by atoms with van der Waals surface area (Å²) in [4.78, 5) is 11.9. The van der Waals surface area contributed by atoms with Crippen molar-refractivity contribution in [2.24, 2.45) is 5.73 Å². The van der Waals surface area contributed by atoms with E-state index in [4.69, 9.17) is 11.0 Å². The lowest BCUT2D eigenvalue weighted by Gasteiger charge is -2.17. The maximum atomic E-state index is 11.9. The van der Waals surface area contributed by atoms with Crippen molar-refractivity contribution in [3.63, 3.8) is 0 Å². The van der Waals surface area contributed by atoms with E-state index in [9.17, 15) is 13.2 Å². The molecule has 0 aliphatic heterocycles. The number of hydrogen-bond donors (Lipinski definition) is 2. The Hall–Kier alpha value is -1.91. The van der Waals surface area contributed by atoms with Crippen LogP contribution in [0.4, 0.5) is 0 Å². The minimum atomic E-state index is -3.13. The van der Waals surface area contributed by atoms with Crippen LogP contribution < -0.4 is 11.1 Å². The van der Waals surface area contributed by atoms with E-state index in [1.807, 2.05) is 6.07 Å². The Morgan fingerprint density at radius 2 is 1.95 bits per heavy atom. The molecule has 1 aromatic rings. The first-order chi connectivity index (χ1) is 9.73. The van der Waals surface area contributed by atoms with Crippen LogP contribution in [0.1, 0.15) is 30.5 Å². The lowest BCUT2D eigenvalue weighted by molar-refractivity contribution is -0.123. The van der Waals surface area contributed by atoms with Gasteiger partial charge in [-0.1, -0.05) is 12.1 Å². The number of nitrogens with one attached hydrogen (secondary N) is 1. The molecule has 0 aliphatic carbocycles. The molecule has 0 radical (unpaired) electrons. The summed E-state index contributed by atoms with van der Waals surface area (Å²) in [7, 11) is -3.13. The molecule has 1 rings (SSSR count). The highest BCUT2D eigenvalue weighted by Crippen LogP contribution is 2.13. The highest BCUT2D eigenvalue weighted by Gasteiger charge is 2.18. The third kappa shape index (κ3) is 5.94. The molecule has 1 amide bonds. The fourth-order valence-corrected chi connectivity index (χ4v) is 2.40. The second-order valence-electron chi connectivity index (χ2n) is 4.99. The second-order valence-corrected chi connectivity index (χ2v) is 7.25. The van der Waals surface area contributed by atoms with Gasteiger partial charge in [-0.3, -0.25) is 4.79 Å². The minimum Gasteiger partial charge on any atom is -0.348 e. The highest BCUT2D eigenvalue weighted by atomic mass is 32.2. The van der Waals surface area contributed by atoms with Crippen molar-refractivity contribution in [2.45, 2.75) is 25.4 Å². The van der Waals surface area contributed by atoms with Crippen molar-refractivity contribution in [3.8, 4) is 6.07 Å². The van der Waals surface area contributed by atoms with Gasteiger partial charge in [0.25, 0.3) is 0 Å². The predicted octanol–water partition coefficient (Wildman–Crippen LogP) is 0.497. The van der Waals surface area contributed by atoms with Gasteiger partial charge in [-0.2, -0.15) is 5.26 Å². The third-order valence-electron chi connectivity index (χ3n) is 3.03. The zero-order valence-corrected chi connectivity index (χ0v) is 12.9. The fraction of sp³-hybridized carbons (Fsp3) is 0.429. The van der Waals surface area contributed by atoms with Crippen LogP contribution in [0.25, 0.3) is 0 Å². The Balaban J connectivity index is 2.58. The number of nitriles is 1. The summed E-state index contributed by atoms with van der Waals surface area (Å²) in [5.41, 5.74) is 7.07. The van der Waals surface area contributed by atoms with E-state index in [0.717, 1.165) is 11.8 Å². The van der Waals surface area contributed by atoms with E-state index in [-0.39, 0.29) is 18.2 Å². The van der Waals surface area contributed by atoms with Crippen LogP contribution in [0, 0.1) is 11.3 Å². The minimum absolute atomic E-state index is 0.0881. The summed E-state index contributed by atoms with van der Waals surface area (Å²) in [6.07, 6.45) is 1.20. The van der Waals surface area contributed by atoms with Gasteiger partial charge < -0.3 is 11.1 Å². The summed E-state index contributed by atoms with van der Waals surface area (Å²) in [6.45, 7) is 1.79. The summed E-state index contributed by atoms with van der Waals surface area (Å²) < 4.78 is 22.1. The van der Waals surface area contributed by atoms with Crippen molar-refractivity contribution in [1.82, 2.24) is 5.32 Å². The van der Waals surface area contributed by atoms with Crippen LogP contribution in [-0.2, 0) is 14.6 Å². The average Bonchev–Trinajstić information content (AvgIpc) is 2.43. The van der Waals surface area contributed by atoms with Gasteiger partial charge in [0.05, 0.1) is 29.5 Å². The number of sulfone groups is 1. The fourth-order valence-electron chi connectivity index (χ4n) is 1.72. The maximum Gasteiger partial charge on any atom is 0.237 e. The van der Waals surface area contributed by atoms with Crippen LogP contribution in [0.3, 0.4) is 0 Å². The second kappa shape index (κ2) is 7.20. The molecule has 0 saturated heterocycles. The van der Waals surface area contributed by atoms with Gasteiger partial charge in [0.15, 0.2) is 0 Å². The first kappa shape index (κ1) is 17.1. The van der Waals surface area contributed by atoms with Gasteiger partial charge in [-0.25, -0.2) is 8.42 Å². The van der Waals surface area contributed by atoms with E-state index in [1.54, 1.807) is 31.2 Å². The molecular formula is C14H19N3O3S. The predicted molar refractivity (Wildman–Crippen MR) is 80.0 cm³/mol. The Morgan fingerprint density at radius 3 is 2.43 bits per heavy atom. The largest absolute Gasteiger partial charge is 0.348 e. The van der Waals surface area contributed by atoms with Crippen LogP contribution in [-0.4, -0.2) is 32.4 Å². The molecule has 0 aliphatic rings. The van der Waals surface area contributed by atoms with Crippen LogP contribution in [0.2, 0.25) is 0 Å².